The molecule has 0 heterocycles. The highest BCUT2D eigenvalue weighted by Crippen LogP contribution is 2.31. The molecule has 96 valence electrons. The average molecular weight is 338 g/mol. The first-order chi connectivity index (χ1) is 9.13. The molecule has 5 heteroatoms. The van der Waals surface area contributed by atoms with E-state index in [1.54, 1.807) is 25.3 Å². The van der Waals surface area contributed by atoms with Crippen molar-refractivity contribution in [1.29, 1.82) is 5.26 Å². The molecule has 0 fully saturated rings. The number of benzene rings is 2. The van der Waals surface area contributed by atoms with Crippen molar-refractivity contribution in [2.45, 2.75) is 0 Å². The second-order valence-corrected chi connectivity index (χ2v) is 5.04. The molecule has 0 aliphatic heterocycles. The highest BCUT2D eigenvalue weighted by atomic mass is 79.9. The van der Waals surface area contributed by atoms with Crippen LogP contribution in [0.1, 0.15) is 5.56 Å². The van der Waals surface area contributed by atoms with Gasteiger partial charge in [-0.15, -0.1) is 0 Å². The zero-order valence-electron chi connectivity index (χ0n) is 10.1. The summed E-state index contributed by atoms with van der Waals surface area (Å²) < 4.78 is 6.09. The van der Waals surface area contributed by atoms with Crippen LogP contribution in [0.5, 0.6) is 5.75 Å². The minimum atomic E-state index is 0.423. The molecular formula is C14H10BrClN2O. The van der Waals surface area contributed by atoms with Crippen LogP contribution in [0.4, 0.5) is 11.4 Å². The first kappa shape index (κ1) is 13.7. The number of nitrogens with one attached hydrogen (secondary N) is 1. The Balaban J connectivity index is 2.31. The van der Waals surface area contributed by atoms with Gasteiger partial charge in [-0.05, 0) is 46.3 Å². The summed E-state index contributed by atoms with van der Waals surface area (Å²) in [7, 11) is 1.62. The van der Waals surface area contributed by atoms with Gasteiger partial charge in [0.25, 0.3) is 0 Å². The van der Waals surface area contributed by atoms with Crippen LogP contribution in [0.25, 0.3) is 0 Å². The summed E-state index contributed by atoms with van der Waals surface area (Å²) in [4.78, 5) is 0. The number of hydrogen-bond acceptors (Lipinski definition) is 3. The molecule has 3 nitrogen and oxygen atoms in total. The van der Waals surface area contributed by atoms with E-state index in [0.29, 0.717) is 10.6 Å². The molecule has 0 spiro atoms. The number of ether oxygens (including phenoxy) is 1. The van der Waals surface area contributed by atoms with Crippen LogP contribution in [-0.4, -0.2) is 7.11 Å². The SMILES string of the molecule is COc1ccc(Br)c(Nc2ccc(C#N)c(Cl)c2)c1. The zero-order chi connectivity index (χ0) is 13.8. The minimum absolute atomic E-state index is 0.423. The standard InChI is InChI=1S/C14H10BrClN2O/c1-19-11-4-5-12(15)14(7-11)18-10-3-2-9(8-17)13(16)6-10/h2-7,18H,1H3. The molecule has 2 rings (SSSR count). The van der Waals surface area contributed by atoms with Crippen molar-refractivity contribution in [3.05, 3.63) is 51.5 Å². The Labute approximate surface area is 124 Å². The fourth-order valence-corrected chi connectivity index (χ4v) is 2.13. The third-order valence-corrected chi connectivity index (χ3v) is 3.55. The maximum atomic E-state index is 8.83. The predicted octanol–water partition coefficient (Wildman–Crippen LogP) is 4.73. The molecule has 2 aromatic rings. The van der Waals surface area contributed by atoms with Crippen LogP contribution in [0.15, 0.2) is 40.9 Å². The molecule has 0 saturated carbocycles. The predicted molar refractivity (Wildman–Crippen MR) is 80.1 cm³/mol. The summed E-state index contributed by atoms with van der Waals surface area (Å²) in [5.74, 6) is 0.755. The Morgan fingerprint density at radius 1 is 1.26 bits per heavy atom. The molecule has 0 aliphatic carbocycles. The van der Waals surface area contributed by atoms with Crippen LogP contribution >= 0.6 is 27.5 Å². The van der Waals surface area contributed by atoms with Crippen molar-refractivity contribution in [2.75, 3.05) is 12.4 Å². The highest BCUT2D eigenvalue weighted by Gasteiger charge is 2.05. The Kier molecular flexibility index (Phi) is 4.31. The molecule has 0 aliphatic rings. The van der Waals surface area contributed by atoms with Crippen molar-refractivity contribution >= 4 is 38.9 Å². The number of hydrogen-bond donors (Lipinski definition) is 1. The van der Waals surface area contributed by atoms with Crippen molar-refractivity contribution in [2.24, 2.45) is 0 Å². The van der Waals surface area contributed by atoms with E-state index in [0.717, 1.165) is 21.6 Å². The highest BCUT2D eigenvalue weighted by molar-refractivity contribution is 9.10. The van der Waals surface area contributed by atoms with E-state index in [1.807, 2.05) is 24.3 Å². The molecule has 0 unspecified atom stereocenters. The number of anilines is 2. The molecule has 0 radical (unpaired) electrons. The molecule has 1 N–H and O–H groups in total. The fourth-order valence-electron chi connectivity index (χ4n) is 1.57. The molecular weight excluding hydrogens is 328 g/mol. The number of nitrogens with zero attached hydrogens (tertiary/aromatic N) is 1. The molecule has 0 amide bonds. The Bertz CT molecular complexity index is 652. The minimum Gasteiger partial charge on any atom is -0.497 e. The zero-order valence-corrected chi connectivity index (χ0v) is 12.4. The normalized spacial score (nSPS) is 9.79. The van der Waals surface area contributed by atoms with Gasteiger partial charge < -0.3 is 10.1 Å². The molecule has 0 saturated heterocycles. The number of nitriles is 1. The second kappa shape index (κ2) is 5.96. The molecule has 0 bridgehead atoms. The van der Waals surface area contributed by atoms with Gasteiger partial charge in [-0.2, -0.15) is 5.26 Å². The molecule has 19 heavy (non-hydrogen) atoms. The lowest BCUT2D eigenvalue weighted by molar-refractivity contribution is 0.415. The van der Waals surface area contributed by atoms with E-state index in [4.69, 9.17) is 21.6 Å². The van der Waals surface area contributed by atoms with Gasteiger partial charge in [-0.3, -0.25) is 0 Å². The van der Waals surface area contributed by atoms with Crippen molar-refractivity contribution in [3.63, 3.8) is 0 Å². The maximum absolute atomic E-state index is 8.83. The van der Waals surface area contributed by atoms with Gasteiger partial charge in [0.15, 0.2) is 0 Å². The van der Waals surface area contributed by atoms with Crippen LogP contribution in [0.2, 0.25) is 5.02 Å². The van der Waals surface area contributed by atoms with E-state index in [-0.39, 0.29) is 0 Å². The van der Waals surface area contributed by atoms with Crippen LogP contribution in [-0.2, 0) is 0 Å². The lowest BCUT2D eigenvalue weighted by atomic mass is 10.2. The van der Waals surface area contributed by atoms with E-state index >= 15 is 0 Å². The number of methoxy groups -OCH3 is 1. The van der Waals surface area contributed by atoms with E-state index in [9.17, 15) is 0 Å². The van der Waals surface area contributed by atoms with Gasteiger partial charge in [0.1, 0.15) is 11.8 Å². The molecule has 0 atom stereocenters. The average Bonchev–Trinajstić information content (AvgIpc) is 2.41. The summed E-state index contributed by atoms with van der Waals surface area (Å²) in [5, 5.41) is 12.5. The van der Waals surface area contributed by atoms with E-state index in [1.165, 1.54) is 0 Å². The quantitative estimate of drug-likeness (QED) is 0.881. The number of rotatable bonds is 3. The molecule has 0 aromatic heterocycles. The first-order valence-electron chi connectivity index (χ1n) is 5.44. The smallest absolute Gasteiger partial charge is 0.121 e. The fraction of sp³-hybridized carbons (Fsp3) is 0.0714. The van der Waals surface area contributed by atoms with Gasteiger partial charge in [0.2, 0.25) is 0 Å². The van der Waals surface area contributed by atoms with Gasteiger partial charge in [0.05, 0.1) is 23.4 Å². The topological polar surface area (TPSA) is 45.0 Å². The van der Waals surface area contributed by atoms with Crippen molar-refractivity contribution in [1.82, 2.24) is 0 Å². The maximum Gasteiger partial charge on any atom is 0.121 e. The first-order valence-corrected chi connectivity index (χ1v) is 6.61. The summed E-state index contributed by atoms with van der Waals surface area (Å²) in [6.45, 7) is 0. The number of halogens is 2. The molecule has 2 aromatic carbocycles. The lowest BCUT2D eigenvalue weighted by Crippen LogP contribution is -1.93. The Morgan fingerprint density at radius 3 is 2.68 bits per heavy atom. The summed E-state index contributed by atoms with van der Waals surface area (Å²) in [6, 6.07) is 12.9. The summed E-state index contributed by atoms with van der Waals surface area (Å²) in [5.41, 5.74) is 2.12. The van der Waals surface area contributed by atoms with Crippen LogP contribution in [0, 0.1) is 11.3 Å². The Morgan fingerprint density at radius 2 is 2.05 bits per heavy atom. The van der Waals surface area contributed by atoms with Gasteiger partial charge >= 0.3 is 0 Å². The van der Waals surface area contributed by atoms with Crippen molar-refractivity contribution in [3.8, 4) is 11.8 Å². The Hall–Kier alpha value is -1.70. The van der Waals surface area contributed by atoms with Gasteiger partial charge in [0, 0.05) is 16.2 Å². The third kappa shape index (κ3) is 3.19. The second-order valence-electron chi connectivity index (χ2n) is 3.78. The van der Waals surface area contributed by atoms with Crippen LogP contribution in [0.3, 0.4) is 0 Å². The summed E-state index contributed by atoms with van der Waals surface area (Å²) >= 11 is 9.46. The van der Waals surface area contributed by atoms with Crippen molar-refractivity contribution < 1.29 is 4.74 Å². The third-order valence-electron chi connectivity index (χ3n) is 2.54. The monoisotopic (exact) mass is 336 g/mol. The lowest BCUT2D eigenvalue weighted by Gasteiger charge is -2.11. The van der Waals surface area contributed by atoms with Crippen LogP contribution < -0.4 is 10.1 Å². The van der Waals surface area contributed by atoms with Gasteiger partial charge in [-0.25, -0.2) is 0 Å². The van der Waals surface area contributed by atoms with E-state index < -0.39 is 0 Å². The van der Waals surface area contributed by atoms with Gasteiger partial charge in [-0.1, -0.05) is 11.6 Å². The van der Waals surface area contributed by atoms with E-state index in [2.05, 4.69) is 21.2 Å². The largest absolute Gasteiger partial charge is 0.497 e. The summed E-state index contributed by atoms with van der Waals surface area (Å²) in [6.07, 6.45) is 0.